The summed E-state index contributed by atoms with van der Waals surface area (Å²) in [6.45, 7) is 28.2. The average Bonchev–Trinajstić information content (AvgIpc) is 1.64. The number of rotatable bonds is 4. The zero-order valence-corrected chi connectivity index (χ0v) is 20.3. The van der Waals surface area contributed by atoms with Gasteiger partial charge in [-0.25, -0.2) is 0 Å². The number of nitrogens with one attached hydrogen (secondary N) is 2. The molecule has 0 fully saturated rings. The molecule has 2 nitrogen and oxygen atoms in total. The minimum absolute atomic E-state index is 0. The van der Waals surface area contributed by atoms with Crippen LogP contribution in [-0.4, -0.2) is 32.9 Å². The Hall–Kier alpha value is 1.28. The van der Waals surface area contributed by atoms with E-state index >= 15 is 0 Å². The van der Waals surface area contributed by atoms with Gasteiger partial charge in [0.05, 0.1) is 0 Å². The fraction of sp³-hybridized carbons (Fsp3) is 1.00. The standard InChI is InChI=1S/2C6H19NSi2.Ni/c2*1-8(2,3)7-9(4,5)6;/h2*7H,1-6H3;/q;;+2. The number of hydrogen-bond donors (Lipinski definition) is 2. The summed E-state index contributed by atoms with van der Waals surface area (Å²) >= 11 is 0. The molecule has 2 N–H and O–H groups in total. The van der Waals surface area contributed by atoms with Gasteiger partial charge >= 0.3 is 16.5 Å². The van der Waals surface area contributed by atoms with E-state index in [0.29, 0.717) is 0 Å². The molecule has 0 saturated heterocycles. The van der Waals surface area contributed by atoms with Crippen molar-refractivity contribution in [2.45, 2.75) is 78.6 Å². The van der Waals surface area contributed by atoms with E-state index in [2.05, 4.69) is 87.9 Å². The summed E-state index contributed by atoms with van der Waals surface area (Å²) < 4.78 is 7.47. The topological polar surface area (TPSA) is 24.1 Å². The van der Waals surface area contributed by atoms with E-state index in [1.165, 1.54) is 0 Å². The van der Waals surface area contributed by atoms with E-state index in [1.54, 1.807) is 0 Å². The molecule has 0 aromatic heterocycles. The van der Waals surface area contributed by atoms with Crippen LogP contribution in [0.3, 0.4) is 0 Å². The van der Waals surface area contributed by atoms with Crippen LogP contribution in [0.2, 0.25) is 78.6 Å². The molecule has 19 heavy (non-hydrogen) atoms. The van der Waals surface area contributed by atoms with Gasteiger partial charge in [0.15, 0.2) is 0 Å². The first kappa shape index (κ1) is 25.2. The molecule has 120 valence electrons. The van der Waals surface area contributed by atoms with Crippen LogP contribution in [0.5, 0.6) is 0 Å². The maximum Gasteiger partial charge on any atom is 2.00 e. The predicted molar refractivity (Wildman–Crippen MR) is 99.7 cm³/mol. The van der Waals surface area contributed by atoms with Crippen LogP contribution in [0.1, 0.15) is 0 Å². The third-order valence-corrected chi connectivity index (χ3v) is 13.5. The minimum Gasteiger partial charge on any atom is -0.360 e. The molecule has 0 aromatic rings. The summed E-state index contributed by atoms with van der Waals surface area (Å²) in [5.41, 5.74) is 0. The first-order valence-electron chi connectivity index (χ1n) is 7.00. The maximum absolute atomic E-state index is 3.74. The first-order valence-corrected chi connectivity index (χ1v) is 21.0. The van der Waals surface area contributed by atoms with E-state index in [0.717, 1.165) is 0 Å². The molecule has 0 heterocycles. The Kier molecular flexibility index (Phi) is 11.5. The van der Waals surface area contributed by atoms with Gasteiger partial charge in [-0.2, -0.15) is 0 Å². The number of hydrogen-bond acceptors (Lipinski definition) is 2. The molecule has 0 aromatic carbocycles. The van der Waals surface area contributed by atoms with Gasteiger partial charge < -0.3 is 9.30 Å². The summed E-state index contributed by atoms with van der Waals surface area (Å²) in [5, 5.41) is 0. The fourth-order valence-electron chi connectivity index (χ4n) is 2.25. The van der Waals surface area contributed by atoms with Crippen molar-refractivity contribution in [1.82, 2.24) is 9.30 Å². The normalized spacial score (nSPS) is 13.3. The van der Waals surface area contributed by atoms with Crippen LogP contribution in [0.4, 0.5) is 0 Å². The van der Waals surface area contributed by atoms with E-state index < -0.39 is 32.9 Å². The molecular weight excluding hydrogens is 343 g/mol. The molecule has 0 spiro atoms. The summed E-state index contributed by atoms with van der Waals surface area (Å²) in [7, 11) is -3.92. The Balaban J connectivity index is -0.000000256. The zero-order chi connectivity index (χ0) is 15.4. The second kappa shape index (κ2) is 8.66. The van der Waals surface area contributed by atoms with Crippen molar-refractivity contribution in [3.8, 4) is 0 Å². The zero-order valence-electron chi connectivity index (χ0n) is 15.3. The second-order valence-electron chi connectivity index (χ2n) is 9.25. The van der Waals surface area contributed by atoms with Crippen LogP contribution < -0.4 is 9.30 Å². The van der Waals surface area contributed by atoms with E-state index in [9.17, 15) is 0 Å². The first-order chi connectivity index (χ1) is 7.41. The van der Waals surface area contributed by atoms with Gasteiger partial charge in [0.2, 0.25) is 0 Å². The quantitative estimate of drug-likeness (QED) is 0.701. The predicted octanol–water partition coefficient (Wildman–Crippen LogP) is 4.49. The van der Waals surface area contributed by atoms with Crippen molar-refractivity contribution >= 4 is 32.9 Å². The van der Waals surface area contributed by atoms with Gasteiger partial charge in [-0.3, -0.25) is 0 Å². The van der Waals surface area contributed by atoms with E-state index in [1.807, 2.05) is 0 Å². The van der Waals surface area contributed by atoms with Crippen molar-refractivity contribution in [3.05, 3.63) is 0 Å². The molecule has 0 atom stereocenters. The summed E-state index contributed by atoms with van der Waals surface area (Å²) in [4.78, 5) is 0. The molecule has 0 aliphatic carbocycles. The Morgan fingerprint density at radius 2 is 0.474 bits per heavy atom. The van der Waals surface area contributed by atoms with Crippen molar-refractivity contribution in [2.75, 3.05) is 0 Å². The monoisotopic (exact) mass is 380 g/mol. The molecular formula is C12H38N2NiSi4+2. The van der Waals surface area contributed by atoms with Crippen LogP contribution in [-0.2, 0) is 16.5 Å². The van der Waals surface area contributed by atoms with Crippen molar-refractivity contribution in [1.29, 1.82) is 0 Å². The van der Waals surface area contributed by atoms with Crippen LogP contribution in [0.25, 0.3) is 0 Å². The molecule has 0 bridgehead atoms. The third kappa shape index (κ3) is 32.6. The molecule has 0 unspecified atom stereocenters. The van der Waals surface area contributed by atoms with Gasteiger partial charge in [-0.05, 0) is 0 Å². The molecule has 0 aliphatic rings. The van der Waals surface area contributed by atoms with Gasteiger partial charge in [0, 0.05) is 0 Å². The summed E-state index contributed by atoms with van der Waals surface area (Å²) in [5.74, 6) is 0. The Morgan fingerprint density at radius 3 is 0.474 bits per heavy atom. The minimum atomic E-state index is -0.981. The van der Waals surface area contributed by atoms with Gasteiger partial charge in [-0.1, -0.05) is 78.6 Å². The average molecular weight is 381 g/mol. The maximum atomic E-state index is 3.74. The molecule has 7 heteroatoms. The van der Waals surface area contributed by atoms with E-state index in [-0.39, 0.29) is 16.5 Å². The van der Waals surface area contributed by atoms with E-state index in [4.69, 9.17) is 0 Å². The Labute approximate surface area is 137 Å². The molecule has 0 aliphatic heterocycles. The Bertz CT molecular complexity index is 184. The SMILES string of the molecule is C[Si](C)(C)N[Si](C)(C)C.C[Si](C)(C)N[Si](C)(C)C.[Ni+2]. The van der Waals surface area contributed by atoms with Gasteiger partial charge in [0.25, 0.3) is 0 Å². The molecule has 0 saturated carbocycles. The fourth-order valence-corrected chi connectivity index (χ4v) is 20.2. The smallest absolute Gasteiger partial charge is 0.360 e. The molecule has 0 radical (unpaired) electrons. The van der Waals surface area contributed by atoms with Gasteiger partial charge in [-0.15, -0.1) is 0 Å². The van der Waals surface area contributed by atoms with Crippen molar-refractivity contribution < 1.29 is 16.5 Å². The summed E-state index contributed by atoms with van der Waals surface area (Å²) in [6, 6.07) is 0. The largest absolute Gasteiger partial charge is 2.00 e. The molecule has 0 rings (SSSR count). The van der Waals surface area contributed by atoms with Crippen LogP contribution in [0, 0.1) is 0 Å². The van der Waals surface area contributed by atoms with Crippen molar-refractivity contribution in [2.24, 2.45) is 0 Å². The molecule has 0 amide bonds. The summed E-state index contributed by atoms with van der Waals surface area (Å²) in [6.07, 6.45) is 0. The van der Waals surface area contributed by atoms with Crippen LogP contribution in [0.15, 0.2) is 0 Å². The van der Waals surface area contributed by atoms with Gasteiger partial charge in [0.1, 0.15) is 32.9 Å². The second-order valence-corrected chi connectivity index (χ2v) is 29.2. The van der Waals surface area contributed by atoms with Crippen molar-refractivity contribution in [3.63, 3.8) is 0 Å². The Morgan fingerprint density at radius 1 is 0.368 bits per heavy atom. The third-order valence-electron chi connectivity index (χ3n) is 1.50. The van der Waals surface area contributed by atoms with Crippen LogP contribution >= 0.6 is 0 Å².